The van der Waals surface area contributed by atoms with Crippen LogP contribution in [0, 0.1) is 5.82 Å². The van der Waals surface area contributed by atoms with Gasteiger partial charge in [-0.3, -0.25) is 4.79 Å². The number of carbonyl (C=O) groups excluding carboxylic acids is 1. The maximum Gasteiger partial charge on any atom is 0.227 e. The van der Waals surface area contributed by atoms with Crippen LogP contribution >= 0.6 is 0 Å². The number of hydrogen-bond donors (Lipinski definition) is 1. The quantitative estimate of drug-likeness (QED) is 0.920. The first kappa shape index (κ1) is 17.1. The van der Waals surface area contributed by atoms with Gasteiger partial charge in [0.15, 0.2) is 0 Å². The average molecular weight is 354 g/mol. The Morgan fingerprint density at radius 2 is 2.12 bits per heavy atom. The fraction of sp³-hybridized carbons (Fsp3) is 0.450. The van der Waals surface area contributed by atoms with Gasteiger partial charge >= 0.3 is 0 Å². The number of aromatic nitrogens is 2. The lowest BCUT2D eigenvalue weighted by Crippen LogP contribution is -2.38. The molecule has 136 valence electrons. The fourth-order valence-electron chi connectivity index (χ4n) is 3.67. The number of hydrogen-bond acceptors (Lipinski definition) is 4. The molecule has 1 aromatic carbocycles. The summed E-state index contributed by atoms with van der Waals surface area (Å²) in [6, 6.07) is 6.37. The summed E-state index contributed by atoms with van der Waals surface area (Å²) in [5.41, 5.74) is 2.92. The first-order valence-corrected chi connectivity index (χ1v) is 9.29. The lowest BCUT2D eigenvalue weighted by Gasteiger charge is -2.29. The van der Waals surface area contributed by atoms with Crippen LogP contribution in [0.25, 0.3) is 0 Å². The number of amides is 1. The summed E-state index contributed by atoms with van der Waals surface area (Å²) in [6.45, 7) is 2.24. The van der Waals surface area contributed by atoms with Crippen LogP contribution in [0.15, 0.2) is 30.5 Å². The molecule has 0 bridgehead atoms. The van der Waals surface area contributed by atoms with Crippen molar-refractivity contribution < 1.29 is 9.18 Å². The van der Waals surface area contributed by atoms with Gasteiger partial charge in [-0.25, -0.2) is 14.4 Å². The highest BCUT2D eigenvalue weighted by atomic mass is 19.1. The normalized spacial score (nSPS) is 19.9. The van der Waals surface area contributed by atoms with Crippen LogP contribution in [-0.2, 0) is 24.2 Å². The molecule has 2 aliphatic rings. The Morgan fingerprint density at radius 3 is 2.88 bits per heavy atom. The molecule has 1 amide bonds. The summed E-state index contributed by atoms with van der Waals surface area (Å²) in [6.07, 6.45) is 6.44. The zero-order valence-corrected chi connectivity index (χ0v) is 14.7. The molecule has 0 unspecified atom stereocenters. The summed E-state index contributed by atoms with van der Waals surface area (Å²) in [5, 5.41) is 3.48. The zero-order valence-electron chi connectivity index (χ0n) is 14.7. The molecule has 2 aliphatic heterocycles. The first-order chi connectivity index (χ1) is 12.7. The van der Waals surface area contributed by atoms with Gasteiger partial charge in [0.2, 0.25) is 5.91 Å². The third-order valence-corrected chi connectivity index (χ3v) is 5.20. The highest BCUT2D eigenvalue weighted by molar-refractivity contribution is 5.79. The predicted molar refractivity (Wildman–Crippen MR) is 95.9 cm³/mol. The van der Waals surface area contributed by atoms with Gasteiger partial charge in [0, 0.05) is 31.3 Å². The Bertz CT molecular complexity index is 787. The van der Waals surface area contributed by atoms with E-state index in [1.165, 1.54) is 25.0 Å². The largest absolute Gasteiger partial charge is 0.338 e. The van der Waals surface area contributed by atoms with Crippen molar-refractivity contribution in [2.45, 2.75) is 44.7 Å². The topological polar surface area (TPSA) is 58.1 Å². The van der Waals surface area contributed by atoms with Crippen molar-refractivity contribution in [1.82, 2.24) is 20.2 Å². The Kier molecular flexibility index (Phi) is 4.93. The molecule has 1 N–H and O–H groups in total. The van der Waals surface area contributed by atoms with Gasteiger partial charge in [0.05, 0.1) is 18.2 Å². The number of fused-ring (bicyclic) bond motifs is 1. The Balaban J connectivity index is 1.42. The van der Waals surface area contributed by atoms with Crippen molar-refractivity contribution in [3.63, 3.8) is 0 Å². The van der Waals surface area contributed by atoms with E-state index >= 15 is 0 Å². The van der Waals surface area contributed by atoms with Crippen LogP contribution in [0.1, 0.15) is 47.9 Å². The molecule has 0 aliphatic carbocycles. The van der Waals surface area contributed by atoms with Crippen molar-refractivity contribution in [2.75, 3.05) is 13.1 Å². The summed E-state index contributed by atoms with van der Waals surface area (Å²) >= 11 is 0. The van der Waals surface area contributed by atoms with Crippen LogP contribution in [-0.4, -0.2) is 33.9 Å². The maximum absolute atomic E-state index is 13.0. The van der Waals surface area contributed by atoms with Gasteiger partial charge in [0.25, 0.3) is 0 Å². The zero-order chi connectivity index (χ0) is 17.9. The standard InChI is InChI=1S/C20H23FN4O/c21-16-6-4-14(5-7-16)11-19(26)25-10-8-17-15(13-25)12-23-20(24-17)18-3-1-2-9-22-18/h4-7,12,18,22H,1-3,8-11,13H2/t18-/m1/s1. The molecule has 1 aromatic heterocycles. The van der Waals surface area contributed by atoms with E-state index in [2.05, 4.69) is 10.3 Å². The average Bonchev–Trinajstić information content (AvgIpc) is 2.69. The molecule has 4 rings (SSSR count). The maximum atomic E-state index is 13.0. The van der Waals surface area contributed by atoms with Crippen molar-refractivity contribution in [1.29, 1.82) is 0 Å². The predicted octanol–water partition coefficient (Wildman–Crippen LogP) is 2.56. The highest BCUT2D eigenvalue weighted by Crippen LogP contribution is 2.23. The monoisotopic (exact) mass is 354 g/mol. The minimum absolute atomic E-state index is 0.0558. The van der Waals surface area contributed by atoms with Crippen LogP contribution in [0.2, 0.25) is 0 Å². The number of halogens is 1. The minimum Gasteiger partial charge on any atom is -0.338 e. The van der Waals surface area contributed by atoms with Gasteiger partial charge in [-0.1, -0.05) is 18.6 Å². The van der Waals surface area contributed by atoms with Crippen molar-refractivity contribution in [2.24, 2.45) is 0 Å². The smallest absolute Gasteiger partial charge is 0.227 e. The second-order valence-corrected chi connectivity index (χ2v) is 7.07. The summed E-state index contributed by atoms with van der Waals surface area (Å²) in [7, 11) is 0. The third-order valence-electron chi connectivity index (χ3n) is 5.20. The van der Waals surface area contributed by atoms with Crippen LogP contribution < -0.4 is 5.32 Å². The Hall–Kier alpha value is -2.34. The second-order valence-electron chi connectivity index (χ2n) is 7.07. The Labute approximate surface area is 152 Å². The summed E-state index contributed by atoms with van der Waals surface area (Å²) < 4.78 is 13.0. The van der Waals surface area contributed by atoms with Gasteiger partial charge in [-0.15, -0.1) is 0 Å². The minimum atomic E-state index is -0.284. The molecule has 0 saturated carbocycles. The van der Waals surface area contributed by atoms with Crippen molar-refractivity contribution in [3.05, 3.63) is 58.9 Å². The number of rotatable bonds is 3. The molecule has 0 radical (unpaired) electrons. The van der Waals surface area contributed by atoms with Gasteiger partial charge in [-0.05, 0) is 37.1 Å². The lowest BCUT2D eigenvalue weighted by molar-refractivity contribution is -0.131. The van der Waals surface area contributed by atoms with Crippen molar-refractivity contribution >= 4 is 5.91 Å². The molecule has 6 heteroatoms. The highest BCUT2D eigenvalue weighted by Gasteiger charge is 2.24. The van der Waals surface area contributed by atoms with E-state index in [1.54, 1.807) is 12.1 Å². The van der Waals surface area contributed by atoms with E-state index in [-0.39, 0.29) is 17.8 Å². The van der Waals surface area contributed by atoms with E-state index in [1.807, 2.05) is 11.1 Å². The molecule has 26 heavy (non-hydrogen) atoms. The first-order valence-electron chi connectivity index (χ1n) is 9.29. The van der Waals surface area contributed by atoms with Gasteiger partial charge < -0.3 is 10.2 Å². The number of nitrogens with one attached hydrogen (secondary N) is 1. The fourth-order valence-corrected chi connectivity index (χ4v) is 3.67. The molecule has 5 nitrogen and oxygen atoms in total. The van der Waals surface area contributed by atoms with E-state index in [0.717, 1.165) is 42.0 Å². The molecular weight excluding hydrogens is 331 g/mol. The van der Waals surface area contributed by atoms with Crippen LogP contribution in [0.4, 0.5) is 4.39 Å². The molecule has 1 fully saturated rings. The van der Waals surface area contributed by atoms with Crippen LogP contribution in [0.3, 0.4) is 0 Å². The van der Waals surface area contributed by atoms with Crippen molar-refractivity contribution in [3.8, 4) is 0 Å². The molecule has 1 saturated heterocycles. The SMILES string of the molecule is O=C(Cc1ccc(F)cc1)N1CCc2nc([C@H]3CCCCN3)ncc2C1. The Morgan fingerprint density at radius 1 is 1.27 bits per heavy atom. The van der Waals surface area contributed by atoms with E-state index < -0.39 is 0 Å². The number of nitrogens with zero attached hydrogens (tertiary/aromatic N) is 3. The van der Waals surface area contributed by atoms with E-state index in [4.69, 9.17) is 4.98 Å². The van der Waals surface area contributed by atoms with Crippen LogP contribution in [0.5, 0.6) is 0 Å². The number of benzene rings is 1. The van der Waals surface area contributed by atoms with Gasteiger partial charge in [0.1, 0.15) is 11.6 Å². The molecule has 1 atom stereocenters. The molecule has 3 heterocycles. The molecule has 2 aromatic rings. The van der Waals surface area contributed by atoms with E-state index in [0.29, 0.717) is 19.5 Å². The lowest BCUT2D eigenvalue weighted by atomic mass is 10.0. The third kappa shape index (κ3) is 3.75. The summed E-state index contributed by atoms with van der Waals surface area (Å²) in [4.78, 5) is 23.7. The molecule has 0 spiro atoms. The number of carbonyl (C=O) groups is 1. The second kappa shape index (κ2) is 7.50. The summed E-state index contributed by atoms with van der Waals surface area (Å²) in [5.74, 6) is 0.656. The molecular formula is C20H23FN4O. The van der Waals surface area contributed by atoms with Gasteiger partial charge in [-0.2, -0.15) is 0 Å². The van der Waals surface area contributed by atoms with E-state index in [9.17, 15) is 9.18 Å². The number of piperidine rings is 1.